The fourth-order valence-corrected chi connectivity index (χ4v) is 2.71. The van der Waals surface area contributed by atoms with Crippen molar-refractivity contribution in [1.29, 1.82) is 0 Å². The van der Waals surface area contributed by atoms with E-state index < -0.39 is 5.60 Å². The second-order valence-corrected chi connectivity index (χ2v) is 5.83. The van der Waals surface area contributed by atoms with Crippen molar-refractivity contribution >= 4 is 0 Å². The van der Waals surface area contributed by atoms with Crippen LogP contribution in [0, 0.1) is 5.82 Å². The first kappa shape index (κ1) is 14.5. The van der Waals surface area contributed by atoms with Crippen molar-refractivity contribution in [3.63, 3.8) is 0 Å². The maximum Gasteiger partial charge on any atom is 0.123 e. The number of hydrogen-bond donors (Lipinski definition) is 1. The van der Waals surface area contributed by atoms with Gasteiger partial charge in [-0.25, -0.2) is 4.39 Å². The van der Waals surface area contributed by atoms with Gasteiger partial charge in [0.15, 0.2) is 0 Å². The van der Waals surface area contributed by atoms with E-state index in [2.05, 4.69) is 0 Å². The third-order valence-corrected chi connectivity index (χ3v) is 3.76. The van der Waals surface area contributed by atoms with Crippen LogP contribution in [0.4, 0.5) is 4.39 Å². The molecule has 1 aromatic rings. The summed E-state index contributed by atoms with van der Waals surface area (Å²) in [4.78, 5) is 0. The second kappa shape index (κ2) is 6.49. The molecule has 0 amide bonds. The van der Waals surface area contributed by atoms with Gasteiger partial charge < -0.3 is 9.84 Å². The first-order valence-corrected chi connectivity index (χ1v) is 7.14. The second-order valence-electron chi connectivity index (χ2n) is 5.83. The molecule has 0 radical (unpaired) electrons. The molecule has 106 valence electrons. The van der Waals surface area contributed by atoms with Crippen LogP contribution in [-0.4, -0.2) is 23.4 Å². The summed E-state index contributed by atoms with van der Waals surface area (Å²) in [6.07, 6.45) is 6.03. The monoisotopic (exact) mass is 266 g/mol. The van der Waals surface area contributed by atoms with Gasteiger partial charge in [0, 0.05) is 13.0 Å². The molecule has 1 fully saturated rings. The van der Waals surface area contributed by atoms with Gasteiger partial charge in [0.1, 0.15) is 5.82 Å². The average molecular weight is 266 g/mol. The fraction of sp³-hybridized carbons (Fsp3) is 0.625. The van der Waals surface area contributed by atoms with E-state index in [0.29, 0.717) is 12.5 Å². The predicted molar refractivity (Wildman–Crippen MR) is 73.6 cm³/mol. The minimum atomic E-state index is -0.726. The Morgan fingerprint density at radius 1 is 1.37 bits per heavy atom. The Kier molecular flexibility index (Phi) is 4.94. The maximum absolute atomic E-state index is 12.8. The molecular formula is C16H23FO2. The van der Waals surface area contributed by atoms with Crippen LogP contribution < -0.4 is 0 Å². The summed E-state index contributed by atoms with van der Waals surface area (Å²) in [5.41, 5.74) is 0.250. The Morgan fingerprint density at radius 2 is 2.11 bits per heavy atom. The minimum Gasteiger partial charge on any atom is -0.390 e. The topological polar surface area (TPSA) is 29.5 Å². The van der Waals surface area contributed by atoms with Crippen LogP contribution in [-0.2, 0) is 11.2 Å². The molecule has 1 aliphatic rings. The highest BCUT2D eigenvalue weighted by atomic mass is 19.1. The van der Waals surface area contributed by atoms with E-state index in [0.717, 1.165) is 44.3 Å². The van der Waals surface area contributed by atoms with E-state index >= 15 is 0 Å². The van der Waals surface area contributed by atoms with Crippen molar-refractivity contribution in [2.24, 2.45) is 0 Å². The Balaban J connectivity index is 1.75. The predicted octanol–water partition coefficient (Wildman–Crippen LogP) is 3.47. The normalized spacial score (nSPS) is 22.4. The van der Waals surface area contributed by atoms with E-state index in [1.807, 2.05) is 6.92 Å². The summed E-state index contributed by atoms with van der Waals surface area (Å²) in [6, 6.07) is 6.36. The zero-order chi connectivity index (χ0) is 13.7. The van der Waals surface area contributed by atoms with Crippen LogP contribution in [0.15, 0.2) is 24.3 Å². The zero-order valence-electron chi connectivity index (χ0n) is 11.6. The van der Waals surface area contributed by atoms with E-state index in [9.17, 15) is 9.50 Å². The molecule has 0 spiro atoms. The summed E-state index contributed by atoms with van der Waals surface area (Å²) < 4.78 is 18.4. The Labute approximate surface area is 114 Å². The quantitative estimate of drug-likeness (QED) is 0.854. The minimum absolute atomic E-state index is 0.234. The molecular weight excluding hydrogens is 243 g/mol. The smallest absolute Gasteiger partial charge is 0.123 e. The Hall–Kier alpha value is -0.930. The van der Waals surface area contributed by atoms with Gasteiger partial charge in [-0.15, -0.1) is 0 Å². The van der Waals surface area contributed by atoms with Crippen molar-refractivity contribution in [2.75, 3.05) is 6.61 Å². The summed E-state index contributed by atoms with van der Waals surface area (Å²) in [5.74, 6) is -0.234. The van der Waals surface area contributed by atoms with E-state index in [1.54, 1.807) is 12.1 Å². The molecule has 2 atom stereocenters. The lowest BCUT2D eigenvalue weighted by Crippen LogP contribution is -2.27. The molecule has 1 aliphatic heterocycles. The number of hydrogen-bond acceptors (Lipinski definition) is 2. The summed E-state index contributed by atoms with van der Waals surface area (Å²) >= 11 is 0. The lowest BCUT2D eigenvalue weighted by Gasteiger charge is -2.24. The molecule has 0 saturated carbocycles. The molecule has 1 saturated heterocycles. The van der Waals surface area contributed by atoms with Crippen LogP contribution in [0.25, 0.3) is 0 Å². The van der Waals surface area contributed by atoms with Gasteiger partial charge in [-0.1, -0.05) is 12.1 Å². The first-order valence-electron chi connectivity index (χ1n) is 7.14. The van der Waals surface area contributed by atoms with Crippen molar-refractivity contribution in [1.82, 2.24) is 0 Å². The largest absolute Gasteiger partial charge is 0.390 e. The zero-order valence-corrected chi connectivity index (χ0v) is 11.6. The lowest BCUT2D eigenvalue weighted by atomic mass is 9.90. The van der Waals surface area contributed by atoms with Gasteiger partial charge >= 0.3 is 0 Å². The molecule has 0 bridgehead atoms. The molecule has 2 nitrogen and oxygen atoms in total. The van der Waals surface area contributed by atoms with Gasteiger partial charge in [-0.2, -0.15) is 0 Å². The molecule has 1 aromatic carbocycles. The number of rotatable bonds is 6. The van der Waals surface area contributed by atoms with Gasteiger partial charge in [0.25, 0.3) is 0 Å². The van der Waals surface area contributed by atoms with E-state index in [-0.39, 0.29) is 5.82 Å². The number of halogens is 1. The number of ether oxygens (including phenoxy) is 1. The molecule has 1 N–H and O–H groups in total. The van der Waals surface area contributed by atoms with Crippen LogP contribution in [0.3, 0.4) is 0 Å². The molecule has 2 unspecified atom stereocenters. The number of benzene rings is 1. The van der Waals surface area contributed by atoms with E-state index in [4.69, 9.17) is 4.74 Å². The summed E-state index contributed by atoms with van der Waals surface area (Å²) in [5, 5.41) is 10.4. The van der Waals surface area contributed by atoms with Gasteiger partial charge in [0.05, 0.1) is 11.7 Å². The van der Waals surface area contributed by atoms with Gasteiger partial charge in [-0.05, 0) is 56.7 Å². The third kappa shape index (κ3) is 4.92. The third-order valence-electron chi connectivity index (χ3n) is 3.76. The van der Waals surface area contributed by atoms with Crippen molar-refractivity contribution in [3.8, 4) is 0 Å². The molecule has 0 aliphatic carbocycles. The molecule has 0 aromatic heterocycles. The SMILES string of the molecule is CC(O)(CCCC1CCCO1)Cc1ccc(F)cc1. The molecule has 3 heteroatoms. The summed E-state index contributed by atoms with van der Waals surface area (Å²) in [7, 11) is 0. The van der Waals surface area contributed by atoms with Crippen molar-refractivity contribution in [2.45, 2.75) is 57.2 Å². The van der Waals surface area contributed by atoms with Crippen LogP contribution in [0.5, 0.6) is 0 Å². The standard InChI is InChI=1S/C16H23FO2/c1-16(18,10-2-4-15-5-3-11-19-15)12-13-6-8-14(17)9-7-13/h6-9,15,18H,2-5,10-12H2,1H3. The molecule has 2 rings (SSSR count). The average Bonchev–Trinajstić information content (AvgIpc) is 2.85. The summed E-state index contributed by atoms with van der Waals surface area (Å²) in [6.45, 7) is 2.74. The Morgan fingerprint density at radius 3 is 2.74 bits per heavy atom. The highest BCUT2D eigenvalue weighted by molar-refractivity contribution is 5.17. The fourth-order valence-electron chi connectivity index (χ4n) is 2.71. The number of aliphatic hydroxyl groups is 1. The Bertz CT molecular complexity index is 380. The highest BCUT2D eigenvalue weighted by Crippen LogP contribution is 2.23. The molecule has 19 heavy (non-hydrogen) atoms. The maximum atomic E-state index is 12.8. The first-order chi connectivity index (χ1) is 9.05. The van der Waals surface area contributed by atoms with Crippen molar-refractivity contribution < 1.29 is 14.2 Å². The van der Waals surface area contributed by atoms with Crippen LogP contribution in [0.2, 0.25) is 0 Å². The van der Waals surface area contributed by atoms with Crippen molar-refractivity contribution in [3.05, 3.63) is 35.6 Å². The lowest BCUT2D eigenvalue weighted by molar-refractivity contribution is 0.0406. The highest BCUT2D eigenvalue weighted by Gasteiger charge is 2.22. The van der Waals surface area contributed by atoms with Crippen LogP contribution in [0.1, 0.15) is 44.6 Å². The van der Waals surface area contributed by atoms with Crippen LogP contribution >= 0.6 is 0 Å². The molecule has 1 heterocycles. The van der Waals surface area contributed by atoms with Gasteiger partial charge in [-0.3, -0.25) is 0 Å². The van der Waals surface area contributed by atoms with Gasteiger partial charge in [0.2, 0.25) is 0 Å². The van der Waals surface area contributed by atoms with E-state index in [1.165, 1.54) is 12.1 Å².